The highest BCUT2D eigenvalue weighted by atomic mass is 16.2. The van der Waals surface area contributed by atoms with E-state index in [4.69, 9.17) is 0 Å². The number of aryl methyl sites for hydroxylation is 2. The van der Waals surface area contributed by atoms with Crippen LogP contribution >= 0.6 is 0 Å². The highest BCUT2D eigenvalue weighted by Gasteiger charge is 2.22. The zero-order valence-corrected chi connectivity index (χ0v) is 16.3. The van der Waals surface area contributed by atoms with Gasteiger partial charge in [-0.05, 0) is 37.3 Å². The molecule has 4 heterocycles. The average Bonchev–Trinajstić information content (AvgIpc) is 3.20. The highest BCUT2D eigenvalue weighted by Crippen LogP contribution is 2.14. The van der Waals surface area contributed by atoms with Crippen molar-refractivity contribution in [2.24, 2.45) is 5.92 Å². The van der Waals surface area contributed by atoms with Gasteiger partial charge in [0.05, 0.1) is 5.56 Å². The Morgan fingerprint density at radius 3 is 3.00 bits per heavy atom. The first-order valence-corrected chi connectivity index (χ1v) is 9.91. The summed E-state index contributed by atoms with van der Waals surface area (Å²) in [5, 5.41) is 7.63. The van der Waals surface area contributed by atoms with Gasteiger partial charge in [0, 0.05) is 44.1 Å². The molecular formula is C20H26N6O2. The lowest BCUT2D eigenvalue weighted by Crippen LogP contribution is -2.36. The van der Waals surface area contributed by atoms with E-state index in [1.807, 2.05) is 16.7 Å². The average molecular weight is 382 g/mol. The zero-order valence-electron chi connectivity index (χ0n) is 16.3. The number of hydrogen-bond donors (Lipinski definition) is 1. The molecular weight excluding hydrogens is 356 g/mol. The lowest BCUT2D eigenvalue weighted by Gasteiger charge is -2.16. The Morgan fingerprint density at radius 1 is 1.32 bits per heavy atom. The number of carbonyl (C=O) groups excluding carboxylic acids is 1. The molecule has 0 bridgehead atoms. The van der Waals surface area contributed by atoms with Crippen LogP contribution in [0.1, 0.15) is 49.3 Å². The number of pyridine rings is 1. The molecule has 0 aromatic carbocycles. The first kappa shape index (κ1) is 18.5. The zero-order chi connectivity index (χ0) is 19.7. The molecule has 8 heteroatoms. The molecule has 0 aliphatic carbocycles. The van der Waals surface area contributed by atoms with Crippen LogP contribution in [0.3, 0.4) is 0 Å². The normalized spacial score (nSPS) is 16.9. The fourth-order valence-corrected chi connectivity index (χ4v) is 3.62. The van der Waals surface area contributed by atoms with Crippen LogP contribution in [0, 0.1) is 5.92 Å². The van der Waals surface area contributed by atoms with Crippen molar-refractivity contribution in [3.63, 3.8) is 0 Å². The monoisotopic (exact) mass is 382 g/mol. The topological polar surface area (TPSA) is 86.2 Å². The maximum absolute atomic E-state index is 12.6. The third kappa shape index (κ3) is 3.72. The highest BCUT2D eigenvalue weighted by molar-refractivity contribution is 5.94. The van der Waals surface area contributed by atoms with Crippen LogP contribution in [0.25, 0.3) is 5.65 Å². The molecule has 8 nitrogen and oxygen atoms in total. The largest absolute Gasteiger partial charge is 0.349 e. The quantitative estimate of drug-likeness (QED) is 0.730. The number of amides is 1. The van der Waals surface area contributed by atoms with Crippen molar-refractivity contribution >= 4 is 11.6 Å². The van der Waals surface area contributed by atoms with Crippen molar-refractivity contribution in [1.29, 1.82) is 0 Å². The lowest BCUT2D eigenvalue weighted by atomic mass is 10.1. The minimum Gasteiger partial charge on any atom is -0.349 e. The molecule has 1 aliphatic heterocycles. The molecule has 0 spiro atoms. The molecule has 1 N–H and O–H groups in total. The molecule has 0 radical (unpaired) electrons. The predicted octanol–water partition coefficient (Wildman–Crippen LogP) is 1.87. The SMILES string of the molecule is CC(C)CCn1nc2n(c1=O)CCC(NC(=O)c1ccc3nccn3c1)CC2. The summed E-state index contributed by atoms with van der Waals surface area (Å²) in [6.07, 6.45) is 8.44. The molecule has 3 aromatic rings. The second-order valence-electron chi connectivity index (χ2n) is 7.86. The van der Waals surface area contributed by atoms with Gasteiger partial charge in [-0.15, -0.1) is 0 Å². The number of nitrogens with zero attached hydrogens (tertiary/aromatic N) is 5. The van der Waals surface area contributed by atoms with E-state index in [1.165, 1.54) is 0 Å². The van der Waals surface area contributed by atoms with E-state index >= 15 is 0 Å². The maximum Gasteiger partial charge on any atom is 0.345 e. The van der Waals surface area contributed by atoms with Crippen LogP contribution in [-0.4, -0.2) is 35.7 Å². The Labute approximate surface area is 163 Å². The van der Waals surface area contributed by atoms with Crippen molar-refractivity contribution in [1.82, 2.24) is 29.0 Å². The van der Waals surface area contributed by atoms with Gasteiger partial charge in [-0.1, -0.05) is 13.8 Å². The maximum atomic E-state index is 12.6. The van der Waals surface area contributed by atoms with E-state index in [1.54, 1.807) is 27.7 Å². The molecule has 0 saturated heterocycles. The van der Waals surface area contributed by atoms with Crippen LogP contribution in [0.5, 0.6) is 0 Å². The van der Waals surface area contributed by atoms with E-state index in [9.17, 15) is 9.59 Å². The van der Waals surface area contributed by atoms with Gasteiger partial charge in [0.15, 0.2) is 0 Å². The van der Waals surface area contributed by atoms with Gasteiger partial charge in [0.2, 0.25) is 0 Å². The fraction of sp³-hybridized carbons (Fsp3) is 0.500. The summed E-state index contributed by atoms with van der Waals surface area (Å²) in [5.41, 5.74) is 1.38. The van der Waals surface area contributed by atoms with Gasteiger partial charge in [-0.2, -0.15) is 5.10 Å². The van der Waals surface area contributed by atoms with E-state index in [0.29, 0.717) is 31.0 Å². The first-order chi connectivity index (χ1) is 13.5. The molecule has 148 valence electrons. The predicted molar refractivity (Wildman–Crippen MR) is 105 cm³/mol. The van der Waals surface area contributed by atoms with E-state index in [-0.39, 0.29) is 17.6 Å². The second kappa shape index (κ2) is 7.61. The number of aromatic nitrogens is 5. The number of hydrogen-bond acceptors (Lipinski definition) is 4. The minimum absolute atomic E-state index is 0.0243. The summed E-state index contributed by atoms with van der Waals surface area (Å²) in [5.74, 6) is 1.26. The first-order valence-electron chi connectivity index (χ1n) is 9.91. The van der Waals surface area contributed by atoms with Crippen molar-refractivity contribution in [3.8, 4) is 0 Å². The van der Waals surface area contributed by atoms with Crippen LogP contribution in [-0.2, 0) is 19.5 Å². The summed E-state index contributed by atoms with van der Waals surface area (Å²) >= 11 is 0. The Balaban J connectivity index is 1.41. The van der Waals surface area contributed by atoms with Gasteiger partial charge < -0.3 is 9.72 Å². The summed E-state index contributed by atoms with van der Waals surface area (Å²) in [6, 6.07) is 3.64. The van der Waals surface area contributed by atoms with Crippen molar-refractivity contribution in [2.75, 3.05) is 0 Å². The number of nitrogens with one attached hydrogen (secondary N) is 1. The summed E-state index contributed by atoms with van der Waals surface area (Å²) in [4.78, 5) is 29.4. The molecule has 0 fully saturated rings. The Bertz CT molecular complexity index is 1040. The van der Waals surface area contributed by atoms with Crippen LogP contribution in [0.2, 0.25) is 0 Å². The van der Waals surface area contributed by atoms with Gasteiger partial charge in [-0.25, -0.2) is 14.5 Å². The third-order valence-electron chi connectivity index (χ3n) is 5.32. The standard InChI is InChI=1S/C20H26N6O2/c1-14(2)7-11-26-20(28)25-10-8-16(4-6-18(25)23-26)22-19(27)15-3-5-17-21-9-12-24(17)13-15/h3,5,9,12-14,16H,4,6-8,10-11H2,1-2H3,(H,22,27). The van der Waals surface area contributed by atoms with Gasteiger partial charge >= 0.3 is 5.69 Å². The molecule has 1 atom stereocenters. The smallest absolute Gasteiger partial charge is 0.345 e. The molecule has 1 aliphatic rings. The Kier molecular flexibility index (Phi) is 5.02. The van der Waals surface area contributed by atoms with Crippen LogP contribution in [0.15, 0.2) is 35.5 Å². The van der Waals surface area contributed by atoms with E-state index < -0.39 is 0 Å². The lowest BCUT2D eigenvalue weighted by molar-refractivity contribution is 0.0932. The van der Waals surface area contributed by atoms with E-state index in [2.05, 4.69) is 29.2 Å². The summed E-state index contributed by atoms with van der Waals surface area (Å²) in [6.45, 7) is 5.53. The minimum atomic E-state index is -0.102. The fourth-order valence-electron chi connectivity index (χ4n) is 3.62. The molecule has 0 saturated carbocycles. The van der Waals surface area contributed by atoms with Gasteiger partial charge in [0.25, 0.3) is 5.91 Å². The van der Waals surface area contributed by atoms with Crippen molar-refractivity contribution < 1.29 is 4.79 Å². The Morgan fingerprint density at radius 2 is 2.18 bits per heavy atom. The second-order valence-corrected chi connectivity index (χ2v) is 7.86. The summed E-state index contributed by atoms with van der Waals surface area (Å²) in [7, 11) is 0. The van der Waals surface area contributed by atoms with Gasteiger partial charge in [-0.3, -0.25) is 9.36 Å². The molecule has 28 heavy (non-hydrogen) atoms. The number of imidazole rings is 1. The summed E-state index contributed by atoms with van der Waals surface area (Å²) < 4.78 is 5.19. The van der Waals surface area contributed by atoms with E-state index in [0.717, 1.165) is 30.7 Å². The number of carbonyl (C=O) groups is 1. The van der Waals surface area contributed by atoms with Crippen molar-refractivity contribution in [3.05, 3.63) is 52.6 Å². The number of fused-ring (bicyclic) bond motifs is 2. The Hall–Kier alpha value is -2.90. The molecule has 4 rings (SSSR count). The van der Waals surface area contributed by atoms with Crippen LogP contribution in [0.4, 0.5) is 0 Å². The van der Waals surface area contributed by atoms with Crippen LogP contribution < -0.4 is 11.0 Å². The third-order valence-corrected chi connectivity index (χ3v) is 5.32. The molecule has 3 aromatic heterocycles. The molecule has 1 unspecified atom stereocenters. The van der Waals surface area contributed by atoms with Gasteiger partial charge in [0.1, 0.15) is 11.5 Å². The molecule has 1 amide bonds. The van der Waals surface area contributed by atoms with Crippen molar-refractivity contribution in [2.45, 2.75) is 58.7 Å². The number of rotatable bonds is 5.